The highest BCUT2D eigenvalue weighted by Crippen LogP contribution is 2.31. The van der Waals surface area contributed by atoms with Crippen LogP contribution in [0.3, 0.4) is 0 Å². The van der Waals surface area contributed by atoms with Crippen LogP contribution < -0.4 is 5.32 Å². The number of hydrogen-bond donors (Lipinski definition) is 1. The Hall–Kier alpha value is -1.45. The van der Waals surface area contributed by atoms with Gasteiger partial charge in [-0.15, -0.1) is 0 Å². The second-order valence-electron chi connectivity index (χ2n) is 5.05. The minimum atomic E-state index is -0.355. The fourth-order valence-electron chi connectivity index (χ4n) is 2.33. The number of nitrogens with one attached hydrogen (secondary N) is 1. The monoisotopic (exact) mass is 309 g/mol. The first-order chi connectivity index (χ1) is 10.0. The van der Waals surface area contributed by atoms with Gasteiger partial charge in [-0.3, -0.25) is 0 Å². The summed E-state index contributed by atoms with van der Waals surface area (Å²) in [4.78, 5) is 0. The predicted octanol–water partition coefficient (Wildman–Crippen LogP) is 5.02. The van der Waals surface area contributed by atoms with Gasteiger partial charge in [0.15, 0.2) is 0 Å². The first-order valence-electron chi connectivity index (χ1n) is 6.97. The molecule has 0 fully saturated rings. The summed E-state index contributed by atoms with van der Waals surface area (Å²) in [6.07, 6.45) is 0.914. The Morgan fingerprint density at radius 3 is 2.33 bits per heavy atom. The summed E-state index contributed by atoms with van der Waals surface area (Å²) in [6.45, 7) is 4.67. The molecular formula is C17H18ClF2N. The lowest BCUT2D eigenvalue weighted by atomic mass is 9.94. The van der Waals surface area contributed by atoms with E-state index in [4.69, 9.17) is 11.6 Å². The van der Waals surface area contributed by atoms with Gasteiger partial charge >= 0.3 is 0 Å². The number of hydrogen-bond acceptors (Lipinski definition) is 1. The molecule has 2 aromatic rings. The highest BCUT2D eigenvalue weighted by molar-refractivity contribution is 6.31. The molecule has 0 aliphatic carbocycles. The van der Waals surface area contributed by atoms with Gasteiger partial charge in [0, 0.05) is 5.02 Å². The Balaban J connectivity index is 2.52. The van der Waals surface area contributed by atoms with E-state index in [1.54, 1.807) is 6.07 Å². The summed E-state index contributed by atoms with van der Waals surface area (Å²) in [5.41, 5.74) is 2.33. The maximum Gasteiger partial charge on any atom is 0.123 e. The Bertz CT molecular complexity index is 577. The van der Waals surface area contributed by atoms with E-state index in [0.29, 0.717) is 10.6 Å². The maximum atomic E-state index is 13.6. The van der Waals surface area contributed by atoms with Gasteiger partial charge in [-0.05, 0) is 66.9 Å². The number of rotatable bonds is 5. The number of halogens is 3. The normalized spacial score (nSPS) is 12.4. The largest absolute Gasteiger partial charge is 0.306 e. The summed E-state index contributed by atoms with van der Waals surface area (Å²) in [5, 5.41) is 3.79. The molecule has 0 aromatic heterocycles. The summed E-state index contributed by atoms with van der Waals surface area (Å²) in [7, 11) is 0. The second kappa shape index (κ2) is 7.01. The molecule has 0 saturated carbocycles. The molecular weight excluding hydrogens is 292 g/mol. The zero-order valence-corrected chi connectivity index (χ0v) is 12.8. The molecule has 0 heterocycles. The van der Waals surface area contributed by atoms with E-state index in [2.05, 4.69) is 5.32 Å². The minimum absolute atomic E-state index is 0.313. The predicted molar refractivity (Wildman–Crippen MR) is 82.7 cm³/mol. The van der Waals surface area contributed by atoms with Crippen LogP contribution in [-0.4, -0.2) is 6.54 Å². The molecule has 1 atom stereocenters. The first-order valence-corrected chi connectivity index (χ1v) is 7.35. The summed E-state index contributed by atoms with van der Waals surface area (Å²) in [6, 6.07) is 8.54. The lowest BCUT2D eigenvalue weighted by molar-refractivity contribution is 0.575. The standard InChI is InChI=1S/C17H18ClF2N/c1-3-8-21-17(14-9-12(19)5-4-11(14)2)15-10-13(20)6-7-16(15)18/h4-7,9-10,17,21H,3,8H2,1-2H3. The molecule has 1 nitrogen and oxygen atoms in total. The highest BCUT2D eigenvalue weighted by Gasteiger charge is 2.19. The molecule has 1 unspecified atom stereocenters. The molecule has 112 valence electrons. The zero-order valence-electron chi connectivity index (χ0n) is 12.1. The fraction of sp³-hybridized carbons (Fsp3) is 0.294. The molecule has 21 heavy (non-hydrogen) atoms. The van der Waals surface area contributed by atoms with Crippen molar-refractivity contribution >= 4 is 11.6 Å². The van der Waals surface area contributed by atoms with E-state index >= 15 is 0 Å². The van der Waals surface area contributed by atoms with E-state index in [9.17, 15) is 8.78 Å². The molecule has 0 amide bonds. The third-order valence-electron chi connectivity index (χ3n) is 3.42. The number of benzene rings is 2. The van der Waals surface area contributed by atoms with Crippen LogP contribution >= 0.6 is 11.6 Å². The van der Waals surface area contributed by atoms with Crippen LogP contribution in [0, 0.1) is 18.6 Å². The van der Waals surface area contributed by atoms with Crippen LogP contribution in [0.4, 0.5) is 8.78 Å². The van der Waals surface area contributed by atoms with Crippen molar-refractivity contribution in [3.05, 3.63) is 69.7 Å². The fourth-order valence-corrected chi connectivity index (χ4v) is 2.56. The Morgan fingerprint density at radius 1 is 1.05 bits per heavy atom. The smallest absolute Gasteiger partial charge is 0.123 e. The third-order valence-corrected chi connectivity index (χ3v) is 3.76. The number of aryl methyl sites for hydroxylation is 1. The topological polar surface area (TPSA) is 12.0 Å². The molecule has 0 aliphatic heterocycles. The van der Waals surface area contributed by atoms with Gasteiger partial charge in [0.25, 0.3) is 0 Å². The SMILES string of the molecule is CCCNC(c1cc(F)ccc1C)c1cc(F)ccc1Cl. The van der Waals surface area contributed by atoms with E-state index in [0.717, 1.165) is 24.1 Å². The van der Waals surface area contributed by atoms with Gasteiger partial charge in [0.2, 0.25) is 0 Å². The van der Waals surface area contributed by atoms with E-state index in [-0.39, 0.29) is 17.7 Å². The van der Waals surface area contributed by atoms with Crippen molar-refractivity contribution in [3.63, 3.8) is 0 Å². The zero-order chi connectivity index (χ0) is 15.4. The molecule has 0 radical (unpaired) electrons. The molecule has 0 aliphatic rings. The molecule has 0 saturated heterocycles. The van der Waals surface area contributed by atoms with Crippen molar-refractivity contribution in [1.29, 1.82) is 0 Å². The molecule has 2 aromatic carbocycles. The van der Waals surface area contributed by atoms with Crippen LogP contribution in [0.25, 0.3) is 0 Å². The second-order valence-corrected chi connectivity index (χ2v) is 5.46. The van der Waals surface area contributed by atoms with E-state index < -0.39 is 0 Å². The van der Waals surface area contributed by atoms with Gasteiger partial charge in [0.1, 0.15) is 11.6 Å². The summed E-state index contributed by atoms with van der Waals surface area (Å²) in [5.74, 6) is -0.668. The molecule has 1 N–H and O–H groups in total. The Kier molecular flexibility index (Phi) is 5.32. The lowest BCUT2D eigenvalue weighted by Gasteiger charge is -2.22. The van der Waals surface area contributed by atoms with Gasteiger partial charge in [0.05, 0.1) is 6.04 Å². The summed E-state index contributed by atoms with van der Waals surface area (Å²) >= 11 is 6.21. The summed E-state index contributed by atoms with van der Waals surface area (Å²) < 4.78 is 27.2. The van der Waals surface area contributed by atoms with Gasteiger partial charge in [-0.2, -0.15) is 0 Å². The molecule has 4 heteroatoms. The van der Waals surface area contributed by atoms with Crippen LogP contribution in [0.1, 0.15) is 36.1 Å². The first kappa shape index (κ1) is 15.9. The van der Waals surface area contributed by atoms with E-state index in [1.807, 2.05) is 13.8 Å². The molecule has 0 bridgehead atoms. The maximum absolute atomic E-state index is 13.6. The van der Waals surface area contributed by atoms with Gasteiger partial charge < -0.3 is 5.32 Å². The Morgan fingerprint density at radius 2 is 1.67 bits per heavy atom. The van der Waals surface area contributed by atoms with Crippen LogP contribution in [0.15, 0.2) is 36.4 Å². The highest BCUT2D eigenvalue weighted by atomic mass is 35.5. The van der Waals surface area contributed by atoms with Crippen LogP contribution in [0.5, 0.6) is 0 Å². The van der Waals surface area contributed by atoms with Crippen LogP contribution in [-0.2, 0) is 0 Å². The van der Waals surface area contributed by atoms with E-state index in [1.165, 1.54) is 30.3 Å². The van der Waals surface area contributed by atoms with Crippen molar-refractivity contribution in [2.75, 3.05) is 6.54 Å². The quantitative estimate of drug-likeness (QED) is 0.818. The van der Waals surface area contributed by atoms with Crippen molar-refractivity contribution in [2.45, 2.75) is 26.3 Å². The van der Waals surface area contributed by atoms with Crippen molar-refractivity contribution in [1.82, 2.24) is 5.32 Å². The van der Waals surface area contributed by atoms with Crippen molar-refractivity contribution in [2.24, 2.45) is 0 Å². The minimum Gasteiger partial charge on any atom is -0.306 e. The lowest BCUT2D eigenvalue weighted by Crippen LogP contribution is -2.24. The van der Waals surface area contributed by atoms with Gasteiger partial charge in [-0.1, -0.05) is 24.6 Å². The van der Waals surface area contributed by atoms with Crippen LogP contribution in [0.2, 0.25) is 5.02 Å². The van der Waals surface area contributed by atoms with Gasteiger partial charge in [-0.25, -0.2) is 8.78 Å². The molecule has 2 rings (SSSR count). The average Bonchev–Trinajstić information content (AvgIpc) is 2.46. The molecule has 0 spiro atoms. The third kappa shape index (κ3) is 3.80. The van der Waals surface area contributed by atoms with Crippen molar-refractivity contribution < 1.29 is 8.78 Å². The Labute approximate surface area is 128 Å². The average molecular weight is 310 g/mol. The van der Waals surface area contributed by atoms with Crippen molar-refractivity contribution in [3.8, 4) is 0 Å².